The molecule has 0 saturated carbocycles. The Morgan fingerprint density at radius 1 is 0.353 bits per heavy atom. The van der Waals surface area contributed by atoms with E-state index in [0.29, 0.717) is 0 Å². The van der Waals surface area contributed by atoms with Gasteiger partial charge in [0.05, 0.1) is 11.0 Å². The van der Waals surface area contributed by atoms with Crippen molar-refractivity contribution in [3.05, 3.63) is 156 Å². The fourth-order valence-electron chi connectivity index (χ4n) is 9.51. The minimum atomic E-state index is 0.932. The van der Waals surface area contributed by atoms with Gasteiger partial charge in [-0.1, -0.05) is 226 Å². The van der Waals surface area contributed by atoms with Gasteiger partial charge in [-0.3, -0.25) is 9.97 Å². The third-order valence-electron chi connectivity index (χ3n) is 13.6. The van der Waals surface area contributed by atoms with Crippen LogP contribution in [0.1, 0.15) is 153 Å². The Kier molecular flexibility index (Phi) is 19.9. The standard InChI is InChI=1S/C64H78N4/c1-5-9-13-21-43-67(44-22-14-10-6-2)61-27-19-17-25-55(61)39-33-51-29-35-53(36-30-51)59-47-57-41-42-58-48-60(50-66-64(58)63(57)65-49-59)54-37-31-52(32-38-54)34-40-56-26-18-20-28-62(56)68(45-23-15-11-7-3)46-24-16-12-8-4/h17-20,25-42,47-50H,5-16,21-24,43-46H2,1-4H3/b39-33+,40-34+. The van der Waals surface area contributed by atoms with Crippen molar-refractivity contribution in [2.45, 2.75) is 130 Å². The topological polar surface area (TPSA) is 32.3 Å². The number of fused-ring (bicyclic) bond motifs is 3. The molecule has 0 spiro atoms. The summed E-state index contributed by atoms with van der Waals surface area (Å²) < 4.78 is 0. The van der Waals surface area contributed by atoms with Crippen LogP contribution in [-0.4, -0.2) is 36.1 Å². The molecule has 0 amide bonds. The average Bonchev–Trinajstić information content (AvgIpc) is 3.39. The van der Waals surface area contributed by atoms with Crippen LogP contribution in [0.25, 0.3) is 68.4 Å². The van der Waals surface area contributed by atoms with Crippen LogP contribution < -0.4 is 9.80 Å². The summed E-state index contributed by atoms with van der Waals surface area (Å²) in [6.45, 7) is 13.7. The molecule has 7 rings (SSSR count). The van der Waals surface area contributed by atoms with E-state index in [2.05, 4.69) is 183 Å². The van der Waals surface area contributed by atoms with Crippen molar-refractivity contribution in [2.75, 3.05) is 36.0 Å². The third kappa shape index (κ3) is 14.3. The van der Waals surface area contributed by atoms with Gasteiger partial charge in [0.25, 0.3) is 0 Å². The van der Waals surface area contributed by atoms with Crippen LogP contribution in [-0.2, 0) is 0 Å². The lowest BCUT2D eigenvalue weighted by atomic mass is 10.0. The molecule has 0 N–H and O–H groups in total. The van der Waals surface area contributed by atoms with E-state index < -0.39 is 0 Å². The maximum Gasteiger partial charge on any atom is 0.0965 e. The van der Waals surface area contributed by atoms with Gasteiger partial charge in [-0.2, -0.15) is 0 Å². The van der Waals surface area contributed by atoms with E-state index in [-0.39, 0.29) is 0 Å². The highest BCUT2D eigenvalue weighted by Gasteiger charge is 2.13. The molecule has 7 aromatic rings. The van der Waals surface area contributed by atoms with Gasteiger partial charge < -0.3 is 9.80 Å². The molecule has 0 aliphatic carbocycles. The molecular weight excluding hydrogens is 825 g/mol. The molecule has 0 radical (unpaired) electrons. The number of nitrogens with zero attached hydrogens (tertiary/aromatic N) is 4. The van der Waals surface area contributed by atoms with Crippen molar-refractivity contribution in [3.8, 4) is 22.3 Å². The molecule has 2 aromatic heterocycles. The Bertz CT molecular complexity index is 2430. The highest BCUT2D eigenvalue weighted by atomic mass is 15.1. The number of pyridine rings is 2. The van der Waals surface area contributed by atoms with E-state index >= 15 is 0 Å². The lowest BCUT2D eigenvalue weighted by Crippen LogP contribution is -2.26. The van der Waals surface area contributed by atoms with Crippen LogP contribution in [0.5, 0.6) is 0 Å². The molecule has 5 aromatic carbocycles. The van der Waals surface area contributed by atoms with E-state index in [1.54, 1.807) is 0 Å². The summed E-state index contributed by atoms with van der Waals surface area (Å²) in [4.78, 5) is 15.3. The second kappa shape index (κ2) is 27.1. The van der Waals surface area contributed by atoms with Crippen molar-refractivity contribution >= 4 is 57.5 Å². The number of rotatable bonds is 28. The molecule has 0 unspecified atom stereocenters. The Hall–Kier alpha value is -6.00. The molecule has 0 bridgehead atoms. The van der Waals surface area contributed by atoms with Gasteiger partial charge in [-0.25, -0.2) is 0 Å². The Morgan fingerprint density at radius 2 is 0.706 bits per heavy atom. The predicted molar refractivity (Wildman–Crippen MR) is 300 cm³/mol. The van der Waals surface area contributed by atoms with E-state index in [9.17, 15) is 0 Å². The number of para-hydroxylation sites is 2. The van der Waals surface area contributed by atoms with Crippen molar-refractivity contribution in [3.63, 3.8) is 0 Å². The Morgan fingerprint density at radius 3 is 1.06 bits per heavy atom. The number of unbranched alkanes of at least 4 members (excludes halogenated alkanes) is 12. The van der Waals surface area contributed by atoms with Crippen molar-refractivity contribution in [1.82, 2.24) is 9.97 Å². The SMILES string of the molecule is CCCCCCN(CCCCCC)c1ccccc1/C=C/c1ccc(-c2cnc3c(ccc4cc(-c5ccc(/C=C/c6ccccc6N(CCCCCC)CCCCCC)cc5)cnc43)c2)cc1. The van der Waals surface area contributed by atoms with Crippen LogP contribution >= 0.6 is 0 Å². The second-order valence-electron chi connectivity index (χ2n) is 18.9. The first-order valence-electron chi connectivity index (χ1n) is 26.5. The van der Waals surface area contributed by atoms with E-state index in [1.165, 1.54) is 136 Å². The van der Waals surface area contributed by atoms with Gasteiger partial charge >= 0.3 is 0 Å². The van der Waals surface area contributed by atoms with Crippen LogP contribution in [0, 0.1) is 0 Å². The number of hydrogen-bond acceptors (Lipinski definition) is 4. The summed E-state index contributed by atoms with van der Waals surface area (Å²) in [5.74, 6) is 0. The molecule has 68 heavy (non-hydrogen) atoms. The first-order chi connectivity index (χ1) is 33.6. The molecule has 4 nitrogen and oxygen atoms in total. The fraction of sp³-hybridized carbons (Fsp3) is 0.375. The molecule has 0 saturated heterocycles. The van der Waals surface area contributed by atoms with Gasteiger partial charge in [-0.15, -0.1) is 0 Å². The monoisotopic (exact) mass is 903 g/mol. The summed E-state index contributed by atoms with van der Waals surface area (Å²) in [5, 5.41) is 2.19. The largest absolute Gasteiger partial charge is 0.371 e. The number of benzene rings is 5. The quantitative estimate of drug-likeness (QED) is 0.0279. The fourth-order valence-corrected chi connectivity index (χ4v) is 9.51. The molecule has 2 heterocycles. The second-order valence-corrected chi connectivity index (χ2v) is 18.9. The van der Waals surface area contributed by atoms with Crippen LogP contribution in [0.3, 0.4) is 0 Å². The van der Waals surface area contributed by atoms with E-state index in [4.69, 9.17) is 9.97 Å². The van der Waals surface area contributed by atoms with Crippen molar-refractivity contribution in [1.29, 1.82) is 0 Å². The minimum absolute atomic E-state index is 0.932. The molecule has 0 aliphatic rings. The normalized spacial score (nSPS) is 11.7. The first-order valence-corrected chi connectivity index (χ1v) is 26.5. The minimum Gasteiger partial charge on any atom is -0.371 e. The summed E-state index contributed by atoms with van der Waals surface area (Å²) >= 11 is 0. The smallest absolute Gasteiger partial charge is 0.0965 e. The molecule has 354 valence electrons. The van der Waals surface area contributed by atoms with E-state index in [1.807, 2.05) is 12.4 Å². The van der Waals surface area contributed by atoms with Crippen molar-refractivity contribution in [2.24, 2.45) is 0 Å². The third-order valence-corrected chi connectivity index (χ3v) is 13.6. The zero-order valence-electron chi connectivity index (χ0n) is 41.9. The lowest BCUT2D eigenvalue weighted by molar-refractivity contribution is 0.608. The first kappa shape index (κ1) is 49.9. The summed E-state index contributed by atoms with van der Waals surface area (Å²) in [5.41, 5.74) is 14.1. The molecule has 0 fully saturated rings. The number of anilines is 2. The van der Waals surface area contributed by atoms with Crippen LogP contribution in [0.4, 0.5) is 11.4 Å². The molecule has 0 aliphatic heterocycles. The summed E-state index contributed by atoms with van der Waals surface area (Å²) in [6.07, 6.45) is 33.7. The number of aromatic nitrogens is 2. The van der Waals surface area contributed by atoms with E-state index in [0.717, 1.165) is 70.2 Å². The van der Waals surface area contributed by atoms with Gasteiger partial charge in [0.2, 0.25) is 0 Å². The van der Waals surface area contributed by atoms with Crippen LogP contribution in [0.2, 0.25) is 0 Å². The summed E-state index contributed by atoms with van der Waals surface area (Å²) in [6, 6.07) is 44.5. The average molecular weight is 903 g/mol. The molecular formula is C64H78N4. The maximum atomic E-state index is 5.00. The highest BCUT2D eigenvalue weighted by Crippen LogP contribution is 2.32. The Balaban J connectivity index is 1.01. The van der Waals surface area contributed by atoms with Crippen molar-refractivity contribution < 1.29 is 0 Å². The summed E-state index contributed by atoms with van der Waals surface area (Å²) in [7, 11) is 0. The van der Waals surface area contributed by atoms with Gasteiger partial charge in [0, 0.05) is 71.8 Å². The zero-order valence-corrected chi connectivity index (χ0v) is 41.9. The van der Waals surface area contributed by atoms with Gasteiger partial charge in [0.1, 0.15) is 0 Å². The molecule has 0 atom stereocenters. The number of hydrogen-bond donors (Lipinski definition) is 0. The van der Waals surface area contributed by atoms with Crippen LogP contribution in [0.15, 0.2) is 134 Å². The lowest BCUT2D eigenvalue weighted by Gasteiger charge is -2.27. The van der Waals surface area contributed by atoms with Gasteiger partial charge in [0.15, 0.2) is 0 Å². The highest BCUT2D eigenvalue weighted by molar-refractivity contribution is 6.04. The van der Waals surface area contributed by atoms with Gasteiger partial charge in [-0.05, 0) is 83.3 Å². The predicted octanol–water partition coefficient (Wildman–Crippen LogP) is 18.4. The Labute approximate surface area is 410 Å². The zero-order chi connectivity index (χ0) is 47.2. The molecule has 4 heteroatoms. The maximum absolute atomic E-state index is 5.00.